The third-order valence-electron chi connectivity index (χ3n) is 4.93. The summed E-state index contributed by atoms with van der Waals surface area (Å²) in [5.41, 5.74) is 6.69. The zero-order valence-corrected chi connectivity index (χ0v) is 19.9. The smallest absolute Gasteiger partial charge is 0.395 e. The van der Waals surface area contributed by atoms with Gasteiger partial charge in [-0.05, 0) is 18.1 Å². The van der Waals surface area contributed by atoms with Crippen LogP contribution in [-0.2, 0) is 9.59 Å². The lowest BCUT2D eigenvalue weighted by molar-refractivity contribution is -0.286. The average molecular weight is 488 g/mol. The summed E-state index contributed by atoms with van der Waals surface area (Å²) in [6.45, 7) is 14.8. The van der Waals surface area contributed by atoms with Crippen molar-refractivity contribution < 1.29 is 27.8 Å². The SMILES string of the molecule is C=C(/C=C(\C(=C)CCC)C(=O)Nc1nc2cc3c(cc2[nH]1)OC(F)(F)O3)C(N)=NC(=O)C(C)(C)C. The molecule has 0 unspecified atom stereocenters. The van der Waals surface area contributed by atoms with Crippen LogP contribution in [0.2, 0.25) is 0 Å². The molecule has 2 amide bonds. The number of fused-ring (bicyclic) bond motifs is 2. The van der Waals surface area contributed by atoms with Crippen LogP contribution >= 0.6 is 0 Å². The van der Waals surface area contributed by atoms with Gasteiger partial charge in [0.1, 0.15) is 5.84 Å². The molecule has 9 nitrogen and oxygen atoms in total. The molecular weight excluding hydrogens is 460 g/mol. The van der Waals surface area contributed by atoms with Gasteiger partial charge in [-0.25, -0.2) is 4.98 Å². The number of H-pyrrole nitrogens is 1. The number of rotatable bonds is 7. The van der Waals surface area contributed by atoms with E-state index in [1.54, 1.807) is 20.8 Å². The Morgan fingerprint density at radius 2 is 1.89 bits per heavy atom. The zero-order chi connectivity index (χ0) is 26.1. The number of nitrogens with one attached hydrogen (secondary N) is 2. The van der Waals surface area contributed by atoms with Gasteiger partial charge in [0.05, 0.1) is 11.0 Å². The Morgan fingerprint density at radius 3 is 2.49 bits per heavy atom. The first kappa shape index (κ1) is 25.6. The van der Waals surface area contributed by atoms with E-state index in [4.69, 9.17) is 5.73 Å². The fourth-order valence-electron chi connectivity index (χ4n) is 3.05. The van der Waals surface area contributed by atoms with Crippen molar-refractivity contribution in [1.29, 1.82) is 0 Å². The summed E-state index contributed by atoms with van der Waals surface area (Å²) in [4.78, 5) is 36.2. The number of carbonyl (C=O) groups excluding carboxylic acids is 2. The van der Waals surface area contributed by atoms with Crippen LogP contribution in [0.4, 0.5) is 14.7 Å². The minimum Gasteiger partial charge on any atom is -0.395 e. The van der Waals surface area contributed by atoms with Crippen LogP contribution in [0.15, 0.2) is 53.1 Å². The second kappa shape index (κ2) is 9.32. The second-order valence-corrected chi connectivity index (χ2v) is 9.01. The summed E-state index contributed by atoms with van der Waals surface area (Å²) < 4.78 is 35.4. The number of amides is 2. The molecule has 186 valence electrons. The van der Waals surface area contributed by atoms with Crippen LogP contribution in [-0.4, -0.2) is 33.9 Å². The molecule has 0 spiro atoms. The van der Waals surface area contributed by atoms with Crippen LogP contribution in [0.1, 0.15) is 40.5 Å². The summed E-state index contributed by atoms with van der Waals surface area (Å²) in [5, 5.41) is 2.62. The lowest BCUT2D eigenvalue weighted by Crippen LogP contribution is -2.25. The summed E-state index contributed by atoms with van der Waals surface area (Å²) in [6.07, 6.45) is -1.10. The predicted molar refractivity (Wildman–Crippen MR) is 128 cm³/mol. The van der Waals surface area contributed by atoms with E-state index >= 15 is 0 Å². The van der Waals surface area contributed by atoms with Crippen LogP contribution in [0, 0.1) is 5.41 Å². The molecule has 4 N–H and O–H groups in total. The summed E-state index contributed by atoms with van der Waals surface area (Å²) >= 11 is 0. The molecule has 2 aromatic rings. The third kappa shape index (κ3) is 5.92. The first-order valence-corrected chi connectivity index (χ1v) is 10.8. The van der Waals surface area contributed by atoms with Crippen LogP contribution in [0.25, 0.3) is 11.0 Å². The number of hydrogen-bond donors (Lipinski definition) is 3. The lowest BCUT2D eigenvalue weighted by atomic mass is 9.96. The topological polar surface area (TPSA) is 132 Å². The highest BCUT2D eigenvalue weighted by Crippen LogP contribution is 2.43. The van der Waals surface area contributed by atoms with Crippen LogP contribution in [0.5, 0.6) is 11.5 Å². The van der Waals surface area contributed by atoms with Crippen molar-refractivity contribution in [1.82, 2.24) is 9.97 Å². The Morgan fingerprint density at radius 1 is 1.26 bits per heavy atom. The quantitative estimate of drug-likeness (QED) is 0.227. The molecule has 0 bridgehead atoms. The fraction of sp³-hybridized carbons (Fsp3) is 0.333. The van der Waals surface area contributed by atoms with E-state index in [0.29, 0.717) is 17.5 Å². The molecule has 0 radical (unpaired) electrons. The van der Waals surface area contributed by atoms with Crippen molar-refractivity contribution in [2.24, 2.45) is 16.1 Å². The Labute approximate surface area is 200 Å². The highest BCUT2D eigenvalue weighted by Gasteiger charge is 2.43. The number of aromatic nitrogens is 2. The van der Waals surface area contributed by atoms with Crippen molar-refractivity contribution in [3.63, 3.8) is 0 Å². The molecule has 1 aromatic carbocycles. The standard InChI is InChI=1S/C24H27F2N5O4/c1-7-8-12(2)14(9-13(3)19(27)30-21(33)23(4,5)6)20(32)31-22-28-15-10-17-18(11-16(15)29-22)35-24(25,26)34-17/h9-11H,2-3,7-8H2,1,4-6H3,(H2,27,30,33)(H2,28,29,31,32)/b14-9+. The van der Waals surface area contributed by atoms with Gasteiger partial charge in [0.25, 0.3) is 11.8 Å². The Balaban J connectivity index is 1.86. The minimum absolute atomic E-state index is 0.0609. The number of imidazole rings is 1. The third-order valence-corrected chi connectivity index (χ3v) is 4.93. The van der Waals surface area contributed by atoms with E-state index < -0.39 is 23.5 Å². The van der Waals surface area contributed by atoms with E-state index in [9.17, 15) is 18.4 Å². The number of benzene rings is 1. The maximum atomic E-state index is 13.3. The monoisotopic (exact) mass is 487 g/mol. The molecule has 35 heavy (non-hydrogen) atoms. The molecule has 0 fully saturated rings. The molecule has 1 aromatic heterocycles. The van der Waals surface area contributed by atoms with Crippen molar-refractivity contribution >= 4 is 34.6 Å². The number of nitrogens with zero attached hydrogens (tertiary/aromatic N) is 2. The number of ether oxygens (including phenoxy) is 2. The van der Waals surface area contributed by atoms with Gasteiger partial charge in [0.15, 0.2) is 11.5 Å². The number of halogens is 2. The van der Waals surface area contributed by atoms with E-state index in [0.717, 1.165) is 6.42 Å². The number of aliphatic imine (C=N–C) groups is 1. The Hall–Kier alpha value is -4.02. The van der Waals surface area contributed by atoms with Gasteiger partial charge in [0, 0.05) is 28.7 Å². The van der Waals surface area contributed by atoms with Crippen molar-refractivity contribution in [3.05, 3.63) is 48.1 Å². The van der Waals surface area contributed by atoms with Gasteiger partial charge < -0.3 is 20.2 Å². The van der Waals surface area contributed by atoms with Crippen molar-refractivity contribution in [2.75, 3.05) is 5.32 Å². The number of aromatic amines is 1. The molecule has 11 heteroatoms. The minimum atomic E-state index is -3.75. The van der Waals surface area contributed by atoms with Gasteiger partial charge in [-0.1, -0.05) is 47.3 Å². The molecule has 2 heterocycles. The lowest BCUT2D eigenvalue weighted by Gasteiger charge is -2.14. The number of amidine groups is 1. The first-order chi connectivity index (χ1) is 16.2. The summed E-state index contributed by atoms with van der Waals surface area (Å²) in [6, 6.07) is 2.57. The maximum absolute atomic E-state index is 13.3. The van der Waals surface area contributed by atoms with Gasteiger partial charge >= 0.3 is 6.29 Å². The van der Waals surface area contributed by atoms with E-state index in [2.05, 4.69) is 42.9 Å². The number of nitrogens with two attached hydrogens (primary N) is 1. The molecule has 0 aliphatic carbocycles. The number of carbonyl (C=O) groups is 2. The largest absolute Gasteiger partial charge is 0.586 e. The van der Waals surface area contributed by atoms with Gasteiger partial charge in [-0.2, -0.15) is 4.99 Å². The Bertz CT molecular complexity index is 1240. The van der Waals surface area contributed by atoms with E-state index in [1.165, 1.54) is 18.2 Å². The van der Waals surface area contributed by atoms with Crippen molar-refractivity contribution in [2.45, 2.75) is 46.8 Å². The number of anilines is 1. The molecule has 1 aliphatic rings. The normalized spacial score (nSPS) is 15.3. The number of alkyl halides is 2. The maximum Gasteiger partial charge on any atom is 0.586 e. The van der Waals surface area contributed by atoms with Crippen molar-refractivity contribution in [3.8, 4) is 11.5 Å². The Kier molecular flexibility index (Phi) is 6.82. The van der Waals surface area contributed by atoms with E-state index in [1.807, 2.05) is 6.92 Å². The molecule has 0 saturated heterocycles. The second-order valence-electron chi connectivity index (χ2n) is 9.01. The molecule has 0 atom stereocenters. The average Bonchev–Trinajstić information content (AvgIpc) is 3.25. The van der Waals surface area contributed by atoms with Crippen LogP contribution in [0.3, 0.4) is 0 Å². The zero-order valence-electron chi connectivity index (χ0n) is 19.9. The molecule has 0 saturated carbocycles. The molecular formula is C24H27F2N5O4. The molecule has 3 rings (SSSR count). The number of hydrogen-bond acceptors (Lipinski definition) is 5. The summed E-state index contributed by atoms with van der Waals surface area (Å²) in [7, 11) is 0. The highest BCUT2D eigenvalue weighted by molar-refractivity contribution is 6.11. The molecule has 1 aliphatic heterocycles. The van der Waals surface area contributed by atoms with Gasteiger partial charge in [-0.3, -0.25) is 14.9 Å². The predicted octanol–water partition coefficient (Wildman–Crippen LogP) is 4.59. The van der Waals surface area contributed by atoms with Crippen LogP contribution < -0.4 is 20.5 Å². The van der Waals surface area contributed by atoms with Gasteiger partial charge in [-0.15, -0.1) is 8.78 Å². The summed E-state index contributed by atoms with van der Waals surface area (Å²) in [5.74, 6) is -1.37. The fourth-order valence-corrected chi connectivity index (χ4v) is 3.05. The van der Waals surface area contributed by atoms with E-state index in [-0.39, 0.29) is 39.9 Å². The highest BCUT2D eigenvalue weighted by atomic mass is 19.3. The van der Waals surface area contributed by atoms with Gasteiger partial charge in [0.2, 0.25) is 5.95 Å². The first-order valence-electron chi connectivity index (χ1n) is 10.8.